The Morgan fingerprint density at radius 3 is 2.89 bits per heavy atom. The molecular formula is C20H20N4O3. The molecule has 7 nitrogen and oxygen atoms in total. The maximum absolute atomic E-state index is 12.5. The Balaban J connectivity index is 1.43. The summed E-state index contributed by atoms with van der Waals surface area (Å²) in [5.41, 5.74) is 3.06. The van der Waals surface area contributed by atoms with Crippen molar-refractivity contribution in [3.8, 4) is 17.2 Å². The van der Waals surface area contributed by atoms with E-state index in [1.54, 1.807) is 7.11 Å². The van der Waals surface area contributed by atoms with Crippen LogP contribution in [0.2, 0.25) is 0 Å². The Labute approximate surface area is 157 Å². The molecule has 1 aliphatic rings. The number of methoxy groups -OCH3 is 1. The second-order valence-electron chi connectivity index (χ2n) is 6.35. The van der Waals surface area contributed by atoms with E-state index in [1.807, 2.05) is 48.5 Å². The maximum atomic E-state index is 12.5. The zero-order chi connectivity index (χ0) is 18.6. The lowest BCUT2D eigenvalue weighted by Crippen LogP contribution is -2.36. The summed E-state index contributed by atoms with van der Waals surface area (Å²) in [5, 5.41) is 10.6. The van der Waals surface area contributed by atoms with Crippen LogP contribution in [0.4, 0.5) is 11.7 Å². The number of nitrogens with zero attached hydrogens (tertiary/aromatic N) is 3. The second-order valence-corrected chi connectivity index (χ2v) is 6.35. The largest absolute Gasteiger partial charge is 0.497 e. The van der Waals surface area contributed by atoms with Gasteiger partial charge in [-0.2, -0.15) is 0 Å². The number of anilines is 2. The first kappa shape index (κ1) is 17.1. The number of amides is 1. The van der Waals surface area contributed by atoms with Gasteiger partial charge >= 0.3 is 6.01 Å². The van der Waals surface area contributed by atoms with E-state index in [0.717, 1.165) is 36.4 Å². The molecule has 0 unspecified atom stereocenters. The van der Waals surface area contributed by atoms with Gasteiger partial charge in [-0.1, -0.05) is 23.3 Å². The van der Waals surface area contributed by atoms with Gasteiger partial charge in [-0.15, -0.1) is 5.10 Å². The number of hydrogen-bond donors (Lipinski definition) is 1. The summed E-state index contributed by atoms with van der Waals surface area (Å²) in [7, 11) is 1.66. The van der Waals surface area contributed by atoms with Gasteiger partial charge < -0.3 is 14.1 Å². The highest BCUT2D eigenvalue weighted by atomic mass is 16.5. The molecule has 0 radical (unpaired) electrons. The average molecular weight is 364 g/mol. The molecule has 4 rings (SSSR count). The predicted molar refractivity (Wildman–Crippen MR) is 102 cm³/mol. The average Bonchev–Trinajstić information content (AvgIpc) is 3.16. The van der Waals surface area contributed by atoms with Crippen molar-refractivity contribution in [2.75, 3.05) is 30.4 Å². The van der Waals surface area contributed by atoms with E-state index < -0.39 is 0 Å². The Bertz CT molecular complexity index is 939. The number of carbonyl (C=O) groups is 1. The van der Waals surface area contributed by atoms with Crippen molar-refractivity contribution in [1.29, 1.82) is 0 Å². The molecule has 0 bridgehead atoms. The molecule has 7 heteroatoms. The van der Waals surface area contributed by atoms with E-state index in [4.69, 9.17) is 9.15 Å². The van der Waals surface area contributed by atoms with Crippen LogP contribution in [0.5, 0.6) is 5.75 Å². The van der Waals surface area contributed by atoms with E-state index in [0.29, 0.717) is 5.89 Å². The fourth-order valence-corrected chi connectivity index (χ4v) is 3.25. The van der Waals surface area contributed by atoms with Crippen LogP contribution in [0.15, 0.2) is 52.9 Å². The topological polar surface area (TPSA) is 80.5 Å². The molecule has 3 aromatic rings. The molecule has 2 aromatic carbocycles. The molecule has 0 atom stereocenters. The lowest BCUT2D eigenvalue weighted by atomic mass is 10.0. The first-order chi connectivity index (χ1) is 13.2. The molecule has 0 fully saturated rings. The molecule has 0 saturated heterocycles. The van der Waals surface area contributed by atoms with Crippen LogP contribution in [-0.4, -0.2) is 36.3 Å². The quantitative estimate of drug-likeness (QED) is 0.749. The highest BCUT2D eigenvalue weighted by molar-refractivity contribution is 5.92. The van der Waals surface area contributed by atoms with E-state index in [1.165, 1.54) is 5.56 Å². The standard InChI is InChI=1S/C20H20N4O3/c1-26-16-9-10-17-15(12-16)8-5-11-24(17)13-18(25)21-20-23-22-19(27-20)14-6-3-2-4-7-14/h2-4,6-7,9-10,12H,5,8,11,13H2,1H3,(H,21,23,25). The highest BCUT2D eigenvalue weighted by Crippen LogP contribution is 2.30. The van der Waals surface area contributed by atoms with Crippen LogP contribution in [-0.2, 0) is 11.2 Å². The third kappa shape index (κ3) is 3.76. The molecule has 1 amide bonds. The van der Waals surface area contributed by atoms with Crippen LogP contribution in [0.1, 0.15) is 12.0 Å². The normalized spacial score (nSPS) is 13.1. The fourth-order valence-electron chi connectivity index (χ4n) is 3.25. The lowest BCUT2D eigenvalue weighted by molar-refractivity contribution is -0.115. The molecule has 0 spiro atoms. The van der Waals surface area contributed by atoms with Crippen molar-refractivity contribution in [3.63, 3.8) is 0 Å². The molecule has 1 N–H and O–H groups in total. The van der Waals surface area contributed by atoms with Crippen LogP contribution in [0.25, 0.3) is 11.5 Å². The van der Waals surface area contributed by atoms with Gasteiger partial charge in [0.1, 0.15) is 5.75 Å². The van der Waals surface area contributed by atoms with E-state index in [9.17, 15) is 4.79 Å². The minimum atomic E-state index is -0.193. The summed E-state index contributed by atoms with van der Waals surface area (Å²) in [6, 6.07) is 15.5. The number of nitrogens with one attached hydrogen (secondary N) is 1. The molecule has 1 aromatic heterocycles. The SMILES string of the molecule is COc1ccc2c(c1)CCCN2CC(=O)Nc1nnc(-c2ccccc2)o1. The molecular weight excluding hydrogens is 344 g/mol. The lowest BCUT2D eigenvalue weighted by Gasteiger charge is -2.30. The monoisotopic (exact) mass is 364 g/mol. The first-order valence-corrected chi connectivity index (χ1v) is 8.83. The van der Waals surface area contributed by atoms with Crippen molar-refractivity contribution in [3.05, 3.63) is 54.1 Å². The maximum Gasteiger partial charge on any atom is 0.322 e. The zero-order valence-corrected chi connectivity index (χ0v) is 15.0. The number of aromatic nitrogens is 2. The van der Waals surface area contributed by atoms with Crippen LogP contribution in [0.3, 0.4) is 0 Å². The summed E-state index contributed by atoms with van der Waals surface area (Å²) in [4.78, 5) is 14.5. The molecule has 1 aliphatic heterocycles. The molecule has 0 saturated carbocycles. The Morgan fingerprint density at radius 1 is 1.22 bits per heavy atom. The summed E-state index contributed by atoms with van der Waals surface area (Å²) < 4.78 is 10.8. The van der Waals surface area contributed by atoms with Crippen LogP contribution in [0, 0.1) is 0 Å². The number of benzene rings is 2. The summed E-state index contributed by atoms with van der Waals surface area (Å²) in [6.45, 7) is 1.05. The Hall–Kier alpha value is -3.35. The summed E-state index contributed by atoms with van der Waals surface area (Å²) in [5.74, 6) is 1.02. The van der Waals surface area contributed by atoms with Gasteiger partial charge in [0.05, 0.1) is 13.7 Å². The number of carbonyl (C=O) groups excluding carboxylic acids is 1. The minimum Gasteiger partial charge on any atom is -0.497 e. The van der Waals surface area contributed by atoms with Crippen molar-refractivity contribution in [2.24, 2.45) is 0 Å². The van der Waals surface area contributed by atoms with Gasteiger partial charge in [0.2, 0.25) is 11.8 Å². The van der Waals surface area contributed by atoms with Gasteiger partial charge in [0.25, 0.3) is 0 Å². The third-order valence-corrected chi connectivity index (χ3v) is 4.53. The number of rotatable bonds is 5. The van der Waals surface area contributed by atoms with Gasteiger partial charge in [-0.3, -0.25) is 10.1 Å². The van der Waals surface area contributed by atoms with E-state index in [-0.39, 0.29) is 18.5 Å². The van der Waals surface area contributed by atoms with Gasteiger partial charge in [0, 0.05) is 17.8 Å². The second kappa shape index (κ2) is 7.49. The number of hydrogen-bond acceptors (Lipinski definition) is 6. The molecule has 138 valence electrons. The van der Waals surface area contributed by atoms with Crippen molar-refractivity contribution < 1.29 is 13.9 Å². The van der Waals surface area contributed by atoms with Gasteiger partial charge in [-0.05, 0) is 48.7 Å². The smallest absolute Gasteiger partial charge is 0.322 e. The van der Waals surface area contributed by atoms with Crippen molar-refractivity contribution in [2.45, 2.75) is 12.8 Å². The van der Waals surface area contributed by atoms with E-state index in [2.05, 4.69) is 20.4 Å². The van der Waals surface area contributed by atoms with Gasteiger partial charge in [0.15, 0.2) is 0 Å². The minimum absolute atomic E-state index is 0.103. The zero-order valence-electron chi connectivity index (χ0n) is 15.0. The summed E-state index contributed by atoms with van der Waals surface area (Å²) in [6.07, 6.45) is 1.97. The van der Waals surface area contributed by atoms with Crippen molar-refractivity contribution >= 4 is 17.6 Å². The first-order valence-electron chi connectivity index (χ1n) is 8.83. The fraction of sp³-hybridized carbons (Fsp3) is 0.250. The highest BCUT2D eigenvalue weighted by Gasteiger charge is 2.20. The molecule has 0 aliphatic carbocycles. The number of aryl methyl sites for hydroxylation is 1. The third-order valence-electron chi connectivity index (χ3n) is 4.53. The van der Waals surface area contributed by atoms with Crippen LogP contribution >= 0.6 is 0 Å². The van der Waals surface area contributed by atoms with Crippen LogP contribution < -0.4 is 15.0 Å². The summed E-state index contributed by atoms with van der Waals surface area (Å²) >= 11 is 0. The van der Waals surface area contributed by atoms with Gasteiger partial charge in [-0.25, -0.2) is 0 Å². The Morgan fingerprint density at radius 2 is 2.07 bits per heavy atom. The number of ether oxygens (including phenoxy) is 1. The number of fused-ring (bicyclic) bond motifs is 1. The van der Waals surface area contributed by atoms with Crippen molar-refractivity contribution in [1.82, 2.24) is 10.2 Å². The predicted octanol–water partition coefficient (Wildman–Crippen LogP) is 3.14. The molecule has 2 heterocycles. The van der Waals surface area contributed by atoms with E-state index >= 15 is 0 Å². The Kier molecular flexibility index (Phi) is 4.74. The molecule has 27 heavy (non-hydrogen) atoms.